The summed E-state index contributed by atoms with van der Waals surface area (Å²) in [4.78, 5) is 10.4. The number of benzene rings is 1. The molecule has 1 rings (SSSR count). The number of hydrogen-bond donors (Lipinski definition) is 2. The van der Waals surface area contributed by atoms with Crippen molar-refractivity contribution in [1.82, 2.24) is 0 Å². The quantitative estimate of drug-likeness (QED) is 0.805. The molecule has 0 aromatic heterocycles. The molecule has 0 saturated carbocycles. The van der Waals surface area contributed by atoms with Gasteiger partial charge in [-0.2, -0.15) is 13.2 Å². The second-order valence-electron chi connectivity index (χ2n) is 3.45. The molecule has 0 aliphatic rings. The molecule has 0 spiro atoms. The maximum absolute atomic E-state index is 13.3. The smallest absolute Gasteiger partial charge is 0.416 e. The van der Waals surface area contributed by atoms with Gasteiger partial charge < -0.3 is 10.8 Å². The van der Waals surface area contributed by atoms with Crippen LogP contribution < -0.4 is 5.73 Å². The summed E-state index contributed by atoms with van der Waals surface area (Å²) >= 11 is 0. The van der Waals surface area contributed by atoms with Crippen LogP contribution in [0.1, 0.15) is 11.1 Å². The van der Waals surface area contributed by atoms with Gasteiger partial charge in [-0.05, 0) is 17.7 Å². The zero-order valence-electron chi connectivity index (χ0n) is 8.46. The van der Waals surface area contributed by atoms with Crippen molar-refractivity contribution in [3.05, 3.63) is 35.1 Å². The number of aliphatic carboxylic acids is 1. The fourth-order valence-corrected chi connectivity index (χ4v) is 1.21. The molecule has 1 aromatic carbocycles. The molecule has 0 amide bonds. The van der Waals surface area contributed by atoms with Crippen LogP contribution in [-0.2, 0) is 17.4 Å². The summed E-state index contributed by atoms with van der Waals surface area (Å²) in [5.41, 5.74) is 3.87. The third-order valence-electron chi connectivity index (χ3n) is 2.14. The van der Waals surface area contributed by atoms with Gasteiger partial charge in [0.15, 0.2) is 0 Å². The monoisotopic (exact) mass is 251 g/mol. The van der Waals surface area contributed by atoms with Crippen LogP contribution in [0.4, 0.5) is 17.6 Å². The van der Waals surface area contributed by atoms with E-state index in [0.29, 0.717) is 12.1 Å². The standard InChI is InChI=1S/C10H9F4NO2/c11-7-4-6(10(12,13)14)2-1-5(7)3-8(15)9(16)17/h1-2,4,8H,3,15H2,(H,16,17). The zero-order valence-corrected chi connectivity index (χ0v) is 8.46. The van der Waals surface area contributed by atoms with E-state index in [1.54, 1.807) is 0 Å². The molecule has 7 heteroatoms. The summed E-state index contributed by atoms with van der Waals surface area (Å²) in [6.45, 7) is 0. The molecule has 0 heterocycles. The highest BCUT2D eigenvalue weighted by Crippen LogP contribution is 2.30. The van der Waals surface area contributed by atoms with Gasteiger partial charge in [0.2, 0.25) is 0 Å². The topological polar surface area (TPSA) is 63.3 Å². The molecular formula is C10H9F4NO2. The highest BCUT2D eigenvalue weighted by Gasteiger charge is 2.31. The fraction of sp³-hybridized carbons (Fsp3) is 0.300. The molecule has 1 aromatic rings. The third-order valence-corrected chi connectivity index (χ3v) is 2.14. The average Bonchev–Trinajstić information content (AvgIpc) is 2.19. The first-order chi connectivity index (χ1) is 7.71. The Kier molecular flexibility index (Phi) is 3.72. The lowest BCUT2D eigenvalue weighted by molar-refractivity contribution is -0.139. The van der Waals surface area contributed by atoms with Crippen LogP contribution in [0, 0.1) is 5.82 Å². The third kappa shape index (κ3) is 3.42. The summed E-state index contributed by atoms with van der Waals surface area (Å²) in [7, 11) is 0. The molecule has 0 saturated heterocycles. The minimum absolute atomic E-state index is 0.159. The molecule has 17 heavy (non-hydrogen) atoms. The van der Waals surface area contributed by atoms with Crippen LogP contribution in [0.2, 0.25) is 0 Å². The van der Waals surface area contributed by atoms with Crippen LogP contribution in [0.25, 0.3) is 0 Å². The largest absolute Gasteiger partial charge is 0.480 e. The van der Waals surface area contributed by atoms with E-state index in [1.807, 2.05) is 0 Å². The Morgan fingerprint density at radius 3 is 2.41 bits per heavy atom. The molecule has 1 atom stereocenters. The van der Waals surface area contributed by atoms with E-state index in [2.05, 4.69) is 0 Å². The number of rotatable bonds is 3. The number of carboxylic acids is 1. The number of carboxylic acid groups (broad SMARTS) is 1. The highest BCUT2D eigenvalue weighted by atomic mass is 19.4. The summed E-state index contributed by atoms with van der Waals surface area (Å²) in [5, 5.41) is 8.49. The van der Waals surface area contributed by atoms with Crippen LogP contribution in [-0.4, -0.2) is 17.1 Å². The van der Waals surface area contributed by atoms with Crippen molar-refractivity contribution in [2.45, 2.75) is 18.6 Å². The van der Waals surface area contributed by atoms with E-state index < -0.39 is 29.6 Å². The maximum Gasteiger partial charge on any atom is 0.416 e. The van der Waals surface area contributed by atoms with Crippen LogP contribution >= 0.6 is 0 Å². The Hall–Kier alpha value is -1.63. The van der Waals surface area contributed by atoms with Gasteiger partial charge in [0.05, 0.1) is 5.56 Å². The first-order valence-corrected chi connectivity index (χ1v) is 4.56. The Morgan fingerprint density at radius 2 is 2.00 bits per heavy atom. The molecule has 0 bridgehead atoms. The normalized spacial score (nSPS) is 13.5. The fourth-order valence-electron chi connectivity index (χ4n) is 1.21. The minimum Gasteiger partial charge on any atom is -0.480 e. The van der Waals surface area contributed by atoms with Crippen molar-refractivity contribution in [1.29, 1.82) is 0 Å². The van der Waals surface area contributed by atoms with Crippen molar-refractivity contribution in [2.24, 2.45) is 5.73 Å². The number of halogens is 4. The molecule has 0 fully saturated rings. The van der Waals surface area contributed by atoms with E-state index in [-0.39, 0.29) is 12.0 Å². The van der Waals surface area contributed by atoms with E-state index in [0.717, 1.165) is 6.07 Å². The Morgan fingerprint density at radius 1 is 1.41 bits per heavy atom. The van der Waals surface area contributed by atoms with Gasteiger partial charge in [-0.25, -0.2) is 4.39 Å². The number of carbonyl (C=O) groups is 1. The van der Waals surface area contributed by atoms with Crippen molar-refractivity contribution in [3.63, 3.8) is 0 Å². The lowest BCUT2D eigenvalue weighted by atomic mass is 10.0. The molecule has 1 unspecified atom stereocenters. The maximum atomic E-state index is 13.3. The van der Waals surface area contributed by atoms with Crippen LogP contribution in [0.3, 0.4) is 0 Å². The van der Waals surface area contributed by atoms with Crippen molar-refractivity contribution < 1.29 is 27.5 Å². The Balaban J connectivity index is 2.95. The van der Waals surface area contributed by atoms with Crippen LogP contribution in [0.5, 0.6) is 0 Å². The summed E-state index contributed by atoms with van der Waals surface area (Å²) in [6, 6.07) is 0.555. The molecule has 0 radical (unpaired) electrons. The summed E-state index contributed by atoms with van der Waals surface area (Å²) in [5.74, 6) is -2.46. The lowest BCUT2D eigenvalue weighted by Crippen LogP contribution is -2.32. The van der Waals surface area contributed by atoms with Crippen molar-refractivity contribution >= 4 is 5.97 Å². The van der Waals surface area contributed by atoms with Gasteiger partial charge in [-0.15, -0.1) is 0 Å². The number of hydrogen-bond acceptors (Lipinski definition) is 2. The van der Waals surface area contributed by atoms with Crippen molar-refractivity contribution in [3.8, 4) is 0 Å². The predicted molar refractivity (Wildman–Crippen MR) is 50.7 cm³/mol. The first kappa shape index (κ1) is 13.4. The van der Waals surface area contributed by atoms with E-state index in [4.69, 9.17) is 10.8 Å². The number of alkyl halides is 3. The predicted octanol–water partition coefficient (Wildman–Crippen LogP) is 1.80. The zero-order chi connectivity index (χ0) is 13.2. The van der Waals surface area contributed by atoms with E-state index in [1.165, 1.54) is 0 Å². The average molecular weight is 251 g/mol. The molecule has 94 valence electrons. The minimum atomic E-state index is -4.63. The molecule has 0 aliphatic heterocycles. The molecule has 3 N–H and O–H groups in total. The van der Waals surface area contributed by atoms with Crippen LogP contribution in [0.15, 0.2) is 18.2 Å². The second-order valence-corrected chi connectivity index (χ2v) is 3.45. The summed E-state index contributed by atoms with van der Waals surface area (Å²) in [6.07, 6.45) is -4.99. The molecule has 0 aliphatic carbocycles. The van der Waals surface area contributed by atoms with Crippen molar-refractivity contribution in [2.75, 3.05) is 0 Å². The lowest BCUT2D eigenvalue weighted by Gasteiger charge is -2.10. The van der Waals surface area contributed by atoms with Gasteiger partial charge in [-0.1, -0.05) is 6.07 Å². The SMILES string of the molecule is NC(Cc1ccc(C(F)(F)F)cc1F)C(=O)O. The summed E-state index contributed by atoms with van der Waals surface area (Å²) < 4.78 is 49.9. The number of nitrogens with two attached hydrogens (primary N) is 1. The first-order valence-electron chi connectivity index (χ1n) is 4.56. The Bertz CT molecular complexity index is 431. The Labute approximate surface area is 93.8 Å². The highest BCUT2D eigenvalue weighted by molar-refractivity contribution is 5.73. The van der Waals surface area contributed by atoms with Gasteiger partial charge in [0.25, 0.3) is 0 Å². The van der Waals surface area contributed by atoms with E-state index in [9.17, 15) is 22.4 Å². The molecular weight excluding hydrogens is 242 g/mol. The van der Waals surface area contributed by atoms with Gasteiger partial charge in [0, 0.05) is 6.42 Å². The second kappa shape index (κ2) is 4.70. The molecule has 3 nitrogen and oxygen atoms in total. The van der Waals surface area contributed by atoms with Gasteiger partial charge in [0.1, 0.15) is 11.9 Å². The van der Waals surface area contributed by atoms with Gasteiger partial charge >= 0.3 is 12.1 Å². The van der Waals surface area contributed by atoms with E-state index >= 15 is 0 Å². The van der Waals surface area contributed by atoms with Gasteiger partial charge in [-0.3, -0.25) is 4.79 Å².